The molecule has 0 atom stereocenters. The molecular formula is C20H10Cl2N2O3S. The number of carbonyl (C=O) groups excluding carboxylic acids is 1. The summed E-state index contributed by atoms with van der Waals surface area (Å²) in [6.45, 7) is 0.162. The molecule has 0 saturated carbocycles. The minimum Gasteiger partial charge on any atom is -0.451 e. The Morgan fingerprint density at radius 2 is 2.04 bits per heavy atom. The SMILES string of the molecule is C#CCn1c(=NC(=O)c2cc(=O)c3ccccc3o2)sc2cc(Cl)cc(Cl)c21. The van der Waals surface area contributed by atoms with Crippen molar-refractivity contribution >= 4 is 61.6 Å². The molecule has 2 aromatic carbocycles. The smallest absolute Gasteiger partial charge is 0.315 e. The van der Waals surface area contributed by atoms with Crippen molar-refractivity contribution in [3.63, 3.8) is 0 Å². The molecule has 1 amide bonds. The van der Waals surface area contributed by atoms with Crippen LogP contribution >= 0.6 is 34.5 Å². The molecule has 0 bridgehead atoms. The topological polar surface area (TPSA) is 64.6 Å². The zero-order valence-electron chi connectivity index (χ0n) is 14.1. The summed E-state index contributed by atoms with van der Waals surface area (Å²) in [7, 11) is 0. The van der Waals surface area contributed by atoms with Crippen LogP contribution in [0.25, 0.3) is 21.2 Å². The van der Waals surface area contributed by atoms with Crippen LogP contribution in [0.15, 0.2) is 56.7 Å². The molecule has 0 radical (unpaired) electrons. The number of carbonyl (C=O) groups is 1. The van der Waals surface area contributed by atoms with Gasteiger partial charge in [0.15, 0.2) is 16.0 Å². The lowest BCUT2D eigenvalue weighted by Gasteiger charge is -2.02. The predicted octanol–water partition coefficient (Wildman–Crippen LogP) is 4.49. The Kier molecular flexibility index (Phi) is 4.82. The van der Waals surface area contributed by atoms with Crippen molar-refractivity contribution < 1.29 is 9.21 Å². The number of terminal acetylenes is 1. The molecule has 5 nitrogen and oxygen atoms in total. The van der Waals surface area contributed by atoms with Crippen molar-refractivity contribution in [1.82, 2.24) is 4.57 Å². The van der Waals surface area contributed by atoms with Gasteiger partial charge in [0, 0.05) is 11.1 Å². The molecule has 0 saturated heterocycles. The van der Waals surface area contributed by atoms with Gasteiger partial charge in [0.25, 0.3) is 0 Å². The third-order valence-electron chi connectivity index (χ3n) is 3.99. The first-order chi connectivity index (χ1) is 13.5. The molecule has 0 aliphatic carbocycles. The van der Waals surface area contributed by atoms with Gasteiger partial charge >= 0.3 is 5.91 Å². The Bertz CT molecular complexity index is 1420. The molecule has 0 spiro atoms. The highest BCUT2D eigenvalue weighted by atomic mass is 35.5. The molecular weight excluding hydrogens is 419 g/mol. The number of halogens is 2. The molecule has 0 aliphatic heterocycles. The van der Waals surface area contributed by atoms with Crippen LogP contribution in [-0.4, -0.2) is 10.5 Å². The van der Waals surface area contributed by atoms with Crippen molar-refractivity contribution in [2.24, 2.45) is 4.99 Å². The molecule has 0 N–H and O–H groups in total. The van der Waals surface area contributed by atoms with Crippen molar-refractivity contribution in [2.75, 3.05) is 0 Å². The van der Waals surface area contributed by atoms with E-state index in [0.717, 1.165) is 10.8 Å². The van der Waals surface area contributed by atoms with E-state index in [1.54, 1.807) is 41.0 Å². The number of hydrogen-bond acceptors (Lipinski definition) is 4. The van der Waals surface area contributed by atoms with E-state index in [4.69, 9.17) is 34.0 Å². The largest absolute Gasteiger partial charge is 0.451 e. The summed E-state index contributed by atoms with van der Waals surface area (Å²) in [5.74, 6) is 1.68. The van der Waals surface area contributed by atoms with Crippen LogP contribution < -0.4 is 10.2 Å². The van der Waals surface area contributed by atoms with E-state index in [2.05, 4.69) is 10.9 Å². The van der Waals surface area contributed by atoms with Gasteiger partial charge in [-0.2, -0.15) is 4.99 Å². The Balaban J connectivity index is 1.91. The second-order valence-electron chi connectivity index (χ2n) is 5.80. The maximum absolute atomic E-state index is 12.7. The third kappa shape index (κ3) is 3.25. The fourth-order valence-corrected chi connectivity index (χ4v) is 4.61. The number of nitrogens with zero attached hydrogens (tertiary/aromatic N) is 2. The van der Waals surface area contributed by atoms with E-state index in [-0.39, 0.29) is 17.7 Å². The lowest BCUT2D eigenvalue weighted by molar-refractivity contribution is 0.0972. The van der Waals surface area contributed by atoms with Gasteiger partial charge in [0.2, 0.25) is 0 Å². The molecule has 138 valence electrons. The third-order valence-corrected chi connectivity index (χ3v) is 5.52. The molecule has 4 aromatic rings. The quantitative estimate of drug-likeness (QED) is 0.441. The number of aromatic nitrogens is 1. The average Bonchev–Trinajstić information content (AvgIpc) is 2.99. The van der Waals surface area contributed by atoms with E-state index in [1.165, 1.54) is 11.3 Å². The van der Waals surface area contributed by atoms with Gasteiger partial charge in [-0.15, -0.1) is 6.42 Å². The number of benzene rings is 2. The van der Waals surface area contributed by atoms with E-state index in [1.807, 2.05) is 0 Å². The molecule has 2 heterocycles. The van der Waals surface area contributed by atoms with Crippen LogP contribution in [0.4, 0.5) is 0 Å². The molecule has 8 heteroatoms. The summed E-state index contributed by atoms with van der Waals surface area (Å²) < 4.78 is 7.94. The standard InChI is InChI=1S/C20H10Cl2N2O3S/c1-2-7-24-18-13(22)8-11(21)9-17(18)28-20(24)23-19(26)16-10-14(25)12-5-3-4-6-15(12)27-16/h1,3-6,8-10H,7H2. The second-order valence-corrected chi connectivity index (χ2v) is 7.65. The first-order valence-corrected chi connectivity index (χ1v) is 9.59. The van der Waals surface area contributed by atoms with Crippen molar-refractivity contribution in [1.29, 1.82) is 0 Å². The number of para-hydroxylation sites is 1. The van der Waals surface area contributed by atoms with Crippen LogP contribution in [0, 0.1) is 12.3 Å². The van der Waals surface area contributed by atoms with E-state index >= 15 is 0 Å². The first-order valence-electron chi connectivity index (χ1n) is 8.01. The Labute approximate surface area is 172 Å². The minimum absolute atomic E-state index is 0.155. The summed E-state index contributed by atoms with van der Waals surface area (Å²) in [5, 5.41) is 1.26. The number of amides is 1. The van der Waals surface area contributed by atoms with Gasteiger partial charge in [0.05, 0.1) is 27.2 Å². The molecule has 28 heavy (non-hydrogen) atoms. The lowest BCUT2D eigenvalue weighted by Crippen LogP contribution is -2.17. The number of rotatable bonds is 2. The lowest BCUT2D eigenvalue weighted by atomic mass is 10.2. The second kappa shape index (κ2) is 7.28. The van der Waals surface area contributed by atoms with Gasteiger partial charge < -0.3 is 8.98 Å². The summed E-state index contributed by atoms with van der Waals surface area (Å²) >= 11 is 13.6. The van der Waals surface area contributed by atoms with Gasteiger partial charge in [0.1, 0.15) is 5.58 Å². The fraction of sp³-hybridized carbons (Fsp3) is 0.0500. The van der Waals surface area contributed by atoms with Crippen LogP contribution in [-0.2, 0) is 6.54 Å². The minimum atomic E-state index is -0.692. The monoisotopic (exact) mass is 428 g/mol. The molecule has 0 fully saturated rings. The van der Waals surface area contributed by atoms with E-state index in [9.17, 15) is 9.59 Å². The number of thiazole rings is 1. The van der Waals surface area contributed by atoms with Crippen molar-refractivity contribution in [3.05, 3.63) is 73.3 Å². The highest BCUT2D eigenvalue weighted by Crippen LogP contribution is 2.29. The predicted molar refractivity (Wildman–Crippen MR) is 111 cm³/mol. The fourth-order valence-electron chi connectivity index (χ4n) is 2.80. The Morgan fingerprint density at radius 1 is 1.25 bits per heavy atom. The summed E-state index contributed by atoms with van der Waals surface area (Å²) in [4.78, 5) is 29.4. The zero-order chi connectivity index (χ0) is 19.8. The zero-order valence-corrected chi connectivity index (χ0v) is 16.4. The van der Waals surface area contributed by atoms with Crippen molar-refractivity contribution in [3.8, 4) is 12.3 Å². The van der Waals surface area contributed by atoms with Crippen LogP contribution in [0.1, 0.15) is 10.6 Å². The molecule has 0 aliphatic rings. The van der Waals surface area contributed by atoms with Crippen LogP contribution in [0.5, 0.6) is 0 Å². The molecule has 4 rings (SSSR count). The van der Waals surface area contributed by atoms with E-state index in [0.29, 0.717) is 31.3 Å². The van der Waals surface area contributed by atoms with Crippen LogP contribution in [0.2, 0.25) is 10.0 Å². The maximum atomic E-state index is 12.7. The average molecular weight is 429 g/mol. The van der Waals surface area contributed by atoms with Gasteiger partial charge in [-0.1, -0.05) is 52.6 Å². The van der Waals surface area contributed by atoms with Gasteiger partial charge in [-0.25, -0.2) is 0 Å². The summed E-state index contributed by atoms with van der Waals surface area (Å²) in [6.07, 6.45) is 5.46. The molecule has 0 unspecified atom stereocenters. The highest BCUT2D eigenvalue weighted by Gasteiger charge is 2.15. The summed E-state index contributed by atoms with van der Waals surface area (Å²) in [5.41, 5.74) is 0.639. The van der Waals surface area contributed by atoms with Gasteiger partial charge in [-0.3, -0.25) is 9.59 Å². The van der Waals surface area contributed by atoms with Crippen LogP contribution in [0.3, 0.4) is 0 Å². The number of fused-ring (bicyclic) bond motifs is 2. The summed E-state index contributed by atoms with van der Waals surface area (Å²) in [6, 6.07) is 11.1. The molecule has 2 aromatic heterocycles. The van der Waals surface area contributed by atoms with Gasteiger partial charge in [-0.05, 0) is 24.3 Å². The van der Waals surface area contributed by atoms with Crippen molar-refractivity contribution in [2.45, 2.75) is 6.54 Å². The number of hydrogen-bond donors (Lipinski definition) is 0. The normalized spacial score (nSPS) is 11.8. The highest BCUT2D eigenvalue weighted by molar-refractivity contribution is 7.16. The maximum Gasteiger partial charge on any atom is 0.315 e. The van der Waals surface area contributed by atoms with E-state index < -0.39 is 5.91 Å². The first kappa shape index (κ1) is 18.5. The Hall–Kier alpha value is -2.85. The Morgan fingerprint density at radius 3 is 2.82 bits per heavy atom.